The molecule has 1 aliphatic rings. The van der Waals surface area contributed by atoms with Crippen molar-refractivity contribution in [2.45, 2.75) is 19.4 Å². The average molecular weight is 504 g/mol. The zero-order valence-electron chi connectivity index (χ0n) is 19.3. The number of carbonyl (C=O) groups is 2. The van der Waals surface area contributed by atoms with Gasteiger partial charge in [-0.05, 0) is 48.9 Å². The van der Waals surface area contributed by atoms with Crippen LogP contribution in [0.3, 0.4) is 0 Å². The second-order valence-electron chi connectivity index (χ2n) is 7.87. The topological polar surface area (TPSA) is 104 Å². The fraction of sp³-hybridized carbons (Fsp3) is 0.148. The van der Waals surface area contributed by atoms with Gasteiger partial charge in [-0.25, -0.2) is 9.18 Å². The number of halogens is 1. The Bertz CT molecular complexity index is 1340. The predicted molar refractivity (Wildman–Crippen MR) is 134 cm³/mol. The summed E-state index contributed by atoms with van der Waals surface area (Å²) in [6, 6.07) is 20.3. The van der Waals surface area contributed by atoms with E-state index in [9.17, 15) is 19.2 Å². The Morgan fingerprint density at radius 1 is 1.14 bits per heavy atom. The van der Waals surface area contributed by atoms with E-state index in [4.69, 9.17) is 9.15 Å². The normalized spacial score (nSPS) is 15.2. The molecule has 0 bridgehead atoms. The number of nitrogens with zero attached hydrogens (tertiary/aromatic N) is 1. The first-order valence-corrected chi connectivity index (χ1v) is 12.0. The lowest BCUT2D eigenvalue weighted by Gasteiger charge is -2.27. The molecule has 0 unspecified atom stereocenters. The van der Waals surface area contributed by atoms with Crippen molar-refractivity contribution in [2.75, 3.05) is 11.1 Å². The Labute approximate surface area is 211 Å². The van der Waals surface area contributed by atoms with E-state index in [2.05, 4.69) is 16.7 Å². The highest BCUT2D eigenvalue weighted by Crippen LogP contribution is 2.41. The molecule has 0 aliphatic carbocycles. The summed E-state index contributed by atoms with van der Waals surface area (Å²) in [5.74, 6) is -1.71. The highest BCUT2D eigenvalue weighted by Gasteiger charge is 2.37. The second-order valence-corrected chi connectivity index (χ2v) is 8.86. The van der Waals surface area contributed by atoms with Crippen molar-refractivity contribution in [1.82, 2.24) is 5.32 Å². The van der Waals surface area contributed by atoms with Crippen molar-refractivity contribution in [3.8, 4) is 6.07 Å². The molecule has 3 aromatic rings. The monoisotopic (exact) mass is 503 g/mol. The number of thioether (sulfide) groups is 1. The molecule has 1 amide bonds. The third-order valence-electron chi connectivity index (χ3n) is 5.38. The fourth-order valence-electron chi connectivity index (χ4n) is 3.71. The molecule has 2 aromatic carbocycles. The molecule has 2 N–H and O–H groups in total. The molecule has 182 valence electrons. The molecular weight excluding hydrogens is 481 g/mol. The minimum Gasteiger partial charge on any atom is -0.468 e. The lowest BCUT2D eigenvalue weighted by atomic mass is 9.86. The Kier molecular flexibility index (Phi) is 7.88. The van der Waals surface area contributed by atoms with E-state index < -0.39 is 17.7 Å². The summed E-state index contributed by atoms with van der Waals surface area (Å²) in [4.78, 5) is 25.6. The number of hydrogen-bond acceptors (Lipinski definition) is 7. The van der Waals surface area contributed by atoms with E-state index in [0.717, 1.165) is 17.3 Å². The minimum absolute atomic E-state index is 0.0170. The van der Waals surface area contributed by atoms with Crippen molar-refractivity contribution in [3.05, 3.63) is 112 Å². The van der Waals surface area contributed by atoms with Crippen molar-refractivity contribution in [3.63, 3.8) is 0 Å². The van der Waals surface area contributed by atoms with E-state index in [-0.39, 0.29) is 29.4 Å². The predicted octanol–water partition coefficient (Wildman–Crippen LogP) is 5.23. The van der Waals surface area contributed by atoms with Gasteiger partial charge in [0.05, 0.1) is 40.2 Å². The zero-order chi connectivity index (χ0) is 25.5. The number of nitriles is 1. The Balaban J connectivity index is 1.53. The van der Waals surface area contributed by atoms with Gasteiger partial charge >= 0.3 is 5.97 Å². The van der Waals surface area contributed by atoms with Crippen LogP contribution in [0, 0.1) is 17.1 Å². The summed E-state index contributed by atoms with van der Waals surface area (Å²) < 4.78 is 24.2. The van der Waals surface area contributed by atoms with Gasteiger partial charge in [0.25, 0.3) is 0 Å². The number of rotatable bonds is 8. The van der Waals surface area contributed by atoms with E-state index in [1.807, 2.05) is 30.3 Å². The molecule has 1 aliphatic heterocycles. The van der Waals surface area contributed by atoms with Crippen LogP contribution in [-0.4, -0.2) is 17.6 Å². The molecule has 0 saturated heterocycles. The molecular formula is C27H22FN3O4S. The second kappa shape index (κ2) is 11.4. The van der Waals surface area contributed by atoms with Crippen LogP contribution in [0.15, 0.2) is 99.3 Å². The summed E-state index contributed by atoms with van der Waals surface area (Å²) in [5, 5.41) is 16.3. The van der Waals surface area contributed by atoms with Crippen LogP contribution in [0.5, 0.6) is 0 Å². The number of benzene rings is 2. The first-order valence-electron chi connectivity index (χ1n) is 11.0. The first kappa shape index (κ1) is 24.8. The van der Waals surface area contributed by atoms with Gasteiger partial charge < -0.3 is 19.8 Å². The molecule has 0 radical (unpaired) electrons. The number of esters is 1. The number of hydrogen-bond donors (Lipinski definition) is 2. The quantitative estimate of drug-likeness (QED) is 0.406. The van der Waals surface area contributed by atoms with E-state index in [0.29, 0.717) is 22.2 Å². The number of nitrogens with one attached hydrogen (secondary N) is 2. The van der Waals surface area contributed by atoms with Crippen LogP contribution in [-0.2, 0) is 20.9 Å². The van der Waals surface area contributed by atoms with E-state index in [1.54, 1.807) is 19.1 Å². The van der Waals surface area contributed by atoms with Crippen LogP contribution in [0.4, 0.5) is 10.1 Å². The standard InChI is InChI=1S/C27H22FN3O4S/c1-17-24(27(33)35-15-18-6-3-2-4-7-18)25(22-8-5-13-34-22)21(14-29)26(30-17)36-16-23(32)31-20-11-9-19(28)10-12-20/h2-13,25,30H,15-16H2,1H3,(H,31,32)/t25-/m1/s1. The number of furan rings is 1. The third-order valence-corrected chi connectivity index (χ3v) is 6.40. The highest BCUT2D eigenvalue weighted by atomic mass is 32.2. The molecule has 1 aromatic heterocycles. The molecule has 36 heavy (non-hydrogen) atoms. The molecule has 0 spiro atoms. The molecule has 9 heteroatoms. The van der Waals surface area contributed by atoms with Crippen LogP contribution in [0.1, 0.15) is 24.2 Å². The molecule has 2 heterocycles. The van der Waals surface area contributed by atoms with Crippen LogP contribution in [0.25, 0.3) is 0 Å². The van der Waals surface area contributed by atoms with Gasteiger partial charge in [0.1, 0.15) is 18.2 Å². The van der Waals surface area contributed by atoms with Gasteiger partial charge in [-0.15, -0.1) is 0 Å². The van der Waals surface area contributed by atoms with Crippen molar-refractivity contribution >= 4 is 29.3 Å². The zero-order valence-corrected chi connectivity index (χ0v) is 20.1. The lowest BCUT2D eigenvalue weighted by molar-refractivity contribution is -0.140. The summed E-state index contributed by atoms with van der Waals surface area (Å²) >= 11 is 1.12. The Hall–Kier alpha value is -4.29. The fourth-order valence-corrected chi connectivity index (χ4v) is 4.60. The average Bonchev–Trinajstić information content (AvgIpc) is 3.42. The number of dihydropyridines is 1. The molecule has 0 fully saturated rings. The van der Waals surface area contributed by atoms with E-state index in [1.165, 1.54) is 30.5 Å². The van der Waals surface area contributed by atoms with Gasteiger partial charge in [-0.3, -0.25) is 4.79 Å². The maximum atomic E-state index is 13.2. The van der Waals surface area contributed by atoms with E-state index >= 15 is 0 Å². The van der Waals surface area contributed by atoms with Gasteiger partial charge in [-0.2, -0.15) is 5.26 Å². The van der Waals surface area contributed by atoms with Crippen molar-refractivity contribution in [1.29, 1.82) is 5.26 Å². The summed E-state index contributed by atoms with van der Waals surface area (Å²) in [6.07, 6.45) is 1.47. The summed E-state index contributed by atoms with van der Waals surface area (Å²) in [7, 11) is 0. The SMILES string of the molecule is CC1=C(C(=O)OCc2ccccc2)[C@@H](c2ccco2)C(C#N)=C(SCC(=O)Nc2ccc(F)cc2)N1. The van der Waals surface area contributed by atoms with Crippen LogP contribution >= 0.6 is 11.8 Å². The number of anilines is 1. The third kappa shape index (κ3) is 5.85. The number of ether oxygens (including phenoxy) is 1. The maximum Gasteiger partial charge on any atom is 0.337 e. The van der Waals surface area contributed by atoms with Gasteiger partial charge in [0, 0.05) is 11.4 Å². The first-order chi connectivity index (χ1) is 17.5. The molecule has 7 nitrogen and oxygen atoms in total. The summed E-state index contributed by atoms with van der Waals surface area (Å²) in [5.41, 5.74) is 2.29. The molecule has 4 rings (SSSR count). The highest BCUT2D eigenvalue weighted by molar-refractivity contribution is 8.03. The van der Waals surface area contributed by atoms with Gasteiger partial charge in [-0.1, -0.05) is 42.1 Å². The number of allylic oxidation sites excluding steroid dienone is 2. The Morgan fingerprint density at radius 2 is 1.89 bits per heavy atom. The van der Waals surface area contributed by atoms with Crippen LogP contribution < -0.4 is 10.6 Å². The number of amides is 1. The largest absolute Gasteiger partial charge is 0.468 e. The lowest BCUT2D eigenvalue weighted by Crippen LogP contribution is -2.29. The molecule has 1 atom stereocenters. The summed E-state index contributed by atoms with van der Waals surface area (Å²) in [6.45, 7) is 1.79. The Morgan fingerprint density at radius 3 is 2.56 bits per heavy atom. The van der Waals surface area contributed by atoms with Gasteiger partial charge in [0.15, 0.2) is 0 Å². The van der Waals surface area contributed by atoms with Crippen molar-refractivity contribution in [2.24, 2.45) is 0 Å². The van der Waals surface area contributed by atoms with Crippen molar-refractivity contribution < 1.29 is 23.1 Å². The minimum atomic E-state index is -0.794. The smallest absolute Gasteiger partial charge is 0.337 e. The van der Waals surface area contributed by atoms with Crippen LogP contribution in [0.2, 0.25) is 0 Å². The van der Waals surface area contributed by atoms with Gasteiger partial charge in [0.2, 0.25) is 5.91 Å². The molecule has 0 saturated carbocycles. The maximum absolute atomic E-state index is 13.2. The number of carbonyl (C=O) groups excluding carboxylic acids is 2.